The molecule has 2 rings (SSSR count). The molecule has 0 spiro atoms. The predicted molar refractivity (Wildman–Crippen MR) is 84.9 cm³/mol. The minimum absolute atomic E-state index is 0.218. The van der Waals surface area contributed by atoms with Crippen molar-refractivity contribution >= 4 is 11.4 Å². The number of hydrogen-bond acceptors (Lipinski definition) is 2. The summed E-state index contributed by atoms with van der Waals surface area (Å²) in [6.45, 7) is 5.76. The molecule has 0 N–H and O–H groups in total. The quantitative estimate of drug-likeness (QED) is 0.799. The van der Waals surface area contributed by atoms with Gasteiger partial charge in [0.2, 0.25) is 0 Å². The third kappa shape index (κ3) is 5.20. The van der Waals surface area contributed by atoms with Gasteiger partial charge in [0, 0.05) is 19.5 Å². The van der Waals surface area contributed by atoms with Crippen LogP contribution in [0.3, 0.4) is 0 Å². The van der Waals surface area contributed by atoms with Crippen LogP contribution in [0.25, 0.3) is 5.57 Å². The molecule has 2 nitrogen and oxygen atoms in total. The number of halogens is 3. The number of alkyl halides is 3. The number of ketones is 1. The molecule has 1 aromatic carbocycles. The molecule has 0 unspecified atom stereocenters. The number of carbonyl (C=O) groups is 1. The number of rotatable bonds is 5. The van der Waals surface area contributed by atoms with Crippen molar-refractivity contribution in [2.75, 3.05) is 19.6 Å². The molecular weight excluding hydrogens is 303 g/mol. The first-order chi connectivity index (χ1) is 10.8. The lowest BCUT2D eigenvalue weighted by Gasteiger charge is -2.26. The Hall–Kier alpha value is -1.62. The normalized spacial score (nSPS) is 16.5. The van der Waals surface area contributed by atoms with Gasteiger partial charge in [-0.2, -0.15) is 13.2 Å². The van der Waals surface area contributed by atoms with Gasteiger partial charge in [0.05, 0.1) is 12.1 Å². The molecule has 0 atom stereocenters. The lowest BCUT2D eigenvalue weighted by Crippen LogP contribution is -2.33. The SMILES string of the molecule is CC(C)CC(=O)CN1CC=C(c2cccc(C(F)(F)F)c2)CC1. The van der Waals surface area contributed by atoms with E-state index in [1.165, 1.54) is 12.1 Å². The summed E-state index contributed by atoms with van der Waals surface area (Å²) in [6.07, 6.45) is -1.15. The minimum atomic E-state index is -4.32. The van der Waals surface area contributed by atoms with E-state index in [-0.39, 0.29) is 5.78 Å². The second kappa shape index (κ2) is 7.30. The smallest absolute Gasteiger partial charge is 0.298 e. The van der Waals surface area contributed by atoms with Crippen molar-refractivity contribution in [1.29, 1.82) is 0 Å². The van der Waals surface area contributed by atoms with Crippen LogP contribution in [0.2, 0.25) is 0 Å². The molecule has 0 fully saturated rings. The molecule has 1 aliphatic rings. The van der Waals surface area contributed by atoms with Crippen LogP contribution < -0.4 is 0 Å². The lowest BCUT2D eigenvalue weighted by atomic mass is 9.97. The minimum Gasteiger partial charge on any atom is -0.298 e. The zero-order valence-corrected chi connectivity index (χ0v) is 13.5. The maximum atomic E-state index is 12.8. The number of hydrogen-bond donors (Lipinski definition) is 0. The molecule has 0 radical (unpaired) electrons. The highest BCUT2D eigenvalue weighted by atomic mass is 19.4. The number of nitrogens with zero attached hydrogens (tertiary/aromatic N) is 1. The molecule has 23 heavy (non-hydrogen) atoms. The number of benzene rings is 1. The van der Waals surface area contributed by atoms with Crippen molar-refractivity contribution in [2.45, 2.75) is 32.9 Å². The third-order valence-electron chi connectivity index (χ3n) is 3.89. The molecule has 1 heterocycles. The van der Waals surface area contributed by atoms with E-state index in [0.717, 1.165) is 11.6 Å². The first-order valence-corrected chi connectivity index (χ1v) is 7.86. The van der Waals surface area contributed by atoms with Gasteiger partial charge in [-0.05, 0) is 35.6 Å². The highest BCUT2D eigenvalue weighted by Crippen LogP contribution is 2.32. The zero-order valence-electron chi connectivity index (χ0n) is 13.5. The standard InChI is InChI=1S/C18H22F3NO/c1-13(2)10-17(23)12-22-8-6-14(7-9-22)15-4-3-5-16(11-15)18(19,20)21/h3-6,11,13H,7-10,12H2,1-2H3. The van der Waals surface area contributed by atoms with E-state index < -0.39 is 11.7 Å². The lowest BCUT2D eigenvalue weighted by molar-refractivity contribution is -0.137. The van der Waals surface area contributed by atoms with Gasteiger partial charge in [0.15, 0.2) is 0 Å². The topological polar surface area (TPSA) is 20.3 Å². The van der Waals surface area contributed by atoms with Gasteiger partial charge in [-0.3, -0.25) is 9.69 Å². The maximum absolute atomic E-state index is 12.8. The Labute approximate surface area is 135 Å². The average Bonchev–Trinajstić information content (AvgIpc) is 2.46. The molecule has 0 amide bonds. The van der Waals surface area contributed by atoms with Crippen molar-refractivity contribution < 1.29 is 18.0 Å². The highest BCUT2D eigenvalue weighted by Gasteiger charge is 2.30. The van der Waals surface area contributed by atoms with Crippen LogP contribution in [-0.4, -0.2) is 30.3 Å². The fourth-order valence-electron chi connectivity index (χ4n) is 2.78. The molecular formula is C18H22F3NO. The van der Waals surface area contributed by atoms with Gasteiger partial charge in [0.1, 0.15) is 5.78 Å². The van der Waals surface area contributed by atoms with E-state index in [2.05, 4.69) is 0 Å². The van der Waals surface area contributed by atoms with Crippen LogP contribution in [0.1, 0.15) is 37.8 Å². The summed E-state index contributed by atoms with van der Waals surface area (Å²) in [4.78, 5) is 13.9. The van der Waals surface area contributed by atoms with E-state index in [9.17, 15) is 18.0 Å². The Balaban J connectivity index is 2.01. The van der Waals surface area contributed by atoms with Crippen molar-refractivity contribution in [3.63, 3.8) is 0 Å². The summed E-state index contributed by atoms with van der Waals surface area (Å²) in [7, 11) is 0. The van der Waals surface area contributed by atoms with E-state index in [1.54, 1.807) is 6.07 Å². The zero-order chi connectivity index (χ0) is 17.0. The summed E-state index contributed by atoms with van der Waals surface area (Å²) in [5.41, 5.74) is 0.919. The fourth-order valence-corrected chi connectivity index (χ4v) is 2.78. The van der Waals surface area contributed by atoms with E-state index >= 15 is 0 Å². The van der Waals surface area contributed by atoms with Crippen LogP contribution in [0.5, 0.6) is 0 Å². The van der Waals surface area contributed by atoms with Gasteiger partial charge in [-0.1, -0.05) is 32.1 Å². The third-order valence-corrected chi connectivity index (χ3v) is 3.89. The molecule has 0 aliphatic carbocycles. The van der Waals surface area contributed by atoms with Crippen LogP contribution in [-0.2, 0) is 11.0 Å². The number of carbonyl (C=O) groups excluding carboxylic acids is 1. The Kier molecular flexibility index (Phi) is 5.63. The number of Topliss-reactive ketones (excluding diaryl/α,β-unsaturated/α-hetero) is 1. The Morgan fingerprint density at radius 2 is 2.04 bits per heavy atom. The molecule has 0 bridgehead atoms. The first-order valence-electron chi connectivity index (χ1n) is 7.86. The Bertz CT molecular complexity index is 590. The Morgan fingerprint density at radius 1 is 1.30 bits per heavy atom. The summed E-state index contributed by atoms with van der Waals surface area (Å²) < 4.78 is 38.3. The monoisotopic (exact) mass is 325 g/mol. The molecule has 0 aromatic heterocycles. The first kappa shape index (κ1) is 17.7. The largest absolute Gasteiger partial charge is 0.416 e. The van der Waals surface area contributed by atoms with Gasteiger partial charge in [-0.15, -0.1) is 0 Å². The second-order valence-corrected chi connectivity index (χ2v) is 6.43. The van der Waals surface area contributed by atoms with Crippen LogP contribution in [0.4, 0.5) is 13.2 Å². The maximum Gasteiger partial charge on any atom is 0.416 e. The Morgan fingerprint density at radius 3 is 2.61 bits per heavy atom. The van der Waals surface area contributed by atoms with Gasteiger partial charge in [-0.25, -0.2) is 0 Å². The molecule has 126 valence electrons. The van der Waals surface area contributed by atoms with Gasteiger partial charge in [0.25, 0.3) is 0 Å². The van der Waals surface area contributed by atoms with E-state index in [0.29, 0.717) is 44.0 Å². The van der Waals surface area contributed by atoms with Crippen LogP contribution in [0.15, 0.2) is 30.3 Å². The van der Waals surface area contributed by atoms with E-state index in [1.807, 2.05) is 24.8 Å². The van der Waals surface area contributed by atoms with Gasteiger partial charge < -0.3 is 0 Å². The second-order valence-electron chi connectivity index (χ2n) is 6.43. The molecule has 0 saturated heterocycles. The molecule has 0 saturated carbocycles. The molecule has 5 heteroatoms. The summed E-state index contributed by atoms with van der Waals surface area (Å²) in [5, 5.41) is 0. The highest BCUT2D eigenvalue weighted by molar-refractivity contribution is 5.80. The van der Waals surface area contributed by atoms with Crippen LogP contribution in [0, 0.1) is 5.92 Å². The van der Waals surface area contributed by atoms with Crippen molar-refractivity contribution in [3.05, 3.63) is 41.5 Å². The predicted octanol–water partition coefficient (Wildman–Crippen LogP) is 4.41. The summed E-state index contributed by atoms with van der Waals surface area (Å²) in [6, 6.07) is 5.44. The summed E-state index contributed by atoms with van der Waals surface area (Å²) in [5.74, 6) is 0.569. The molecule has 1 aromatic rings. The fraction of sp³-hybridized carbons (Fsp3) is 0.500. The molecule has 1 aliphatic heterocycles. The van der Waals surface area contributed by atoms with Crippen molar-refractivity contribution in [2.24, 2.45) is 5.92 Å². The van der Waals surface area contributed by atoms with Crippen molar-refractivity contribution in [3.8, 4) is 0 Å². The van der Waals surface area contributed by atoms with Crippen molar-refractivity contribution in [1.82, 2.24) is 4.90 Å². The van der Waals surface area contributed by atoms with E-state index in [4.69, 9.17) is 0 Å². The van der Waals surface area contributed by atoms with Gasteiger partial charge >= 0.3 is 6.18 Å². The van der Waals surface area contributed by atoms with Crippen LogP contribution >= 0.6 is 0 Å². The average molecular weight is 325 g/mol. The summed E-state index contributed by atoms with van der Waals surface area (Å²) >= 11 is 0.